The highest BCUT2D eigenvalue weighted by molar-refractivity contribution is 4.78. The molecular weight excluding hydrogens is 100 g/mol. The molecule has 2 heteroatoms. The molecule has 2 atom stereocenters. The van der Waals surface area contributed by atoms with Crippen LogP contribution >= 0.6 is 0 Å². The third-order valence-electron chi connectivity index (χ3n) is 1.78. The van der Waals surface area contributed by atoms with Crippen LogP contribution in [0.15, 0.2) is 0 Å². The van der Waals surface area contributed by atoms with Crippen molar-refractivity contribution >= 4 is 0 Å². The van der Waals surface area contributed by atoms with Crippen LogP contribution in [0.25, 0.3) is 0 Å². The van der Waals surface area contributed by atoms with Crippen molar-refractivity contribution in [1.29, 1.82) is 0 Å². The molecule has 1 aliphatic heterocycles. The Hall–Kier alpha value is -0.0800. The monoisotopic (exact) mass is 114 g/mol. The summed E-state index contributed by atoms with van der Waals surface area (Å²) in [7, 11) is 0. The molecule has 2 nitrogen and oxygen atoms in total. The van der Waals surface area contributed by atoms with E-state index in [1.807, 2.05) is 0 Å². The van der Waals surface area contributed by atoms with Crippen LogP contribution in [-0.2, 0) is 0 Å². The number of nitrogens with two attached hydrogens (primary N) is 1. The molecule has 2 unspecified atom stereocenters. The minimum Gasteiger partial charge on any atom is -0.330 e. The lowest BCUT2D eigenvalue weighted by atomic mass is 10.1. The zero-order valence-corrected chi connectivity index (χ0v) is 5.35. The van der Waals surface area contributed by atoms with Crippen LogP contribution in [0.4, 0.5) is 0 Å². The van der Waals surface area contributed by atoms with Gasteiger partial charge in [0, 0.05) is 6.04 Å². The summed E-state index contributed by atoms with van der Waals surface area (Å²) >= 11 is 0. The molecule has 0 aromatic rings. The summed E-state index contributed by atoms with van der Waals surface area (Å²) < 4.78 is 0. The average Bonchev–Trinajstić information content (AvgIpc) is 2.14. The highest BCUT2D eigenvalue weighted by atomic mass is 14.9. The summed E-state index contributed by atoms with van der Waals surface area (Å²) in [5.74, 6) is 0.741. The molecule has 0 aromatic carbocycles. The Labute approximate surface area is 50.4 Å². The van der Waals surface area contributed by atoms with Gasteiger partial charge in [0.2, 0.25) is 0 Å². The Morgan fingerprint density at radius 3 is 2.75 bits per heavy atom. The van der Waals surface area contributed by atoms with E-state index < -0.39 is 0 Å². The molecule has 1 fully saturated rings. The molecule has 0 spiro atoms. The zero-order valence-electron chi connectivity index (χ0n) is 5.35. The second-order valence-electron chi connectivity index (χ2n) is 2.65. The molecule has 1 heterocycles. The average molecular weight is 114 g/mol. The summed E-state index contributed by atoms with van der Waals surface area (Å²) in [6, 6.07) is 0.698. The first-order chi connectivity index (χ1) is 3.83. The first kappa shape index (κ1) is 6.05. The molecule has 0 aliphatic carbocycles. The van der Waals surface area contributed by atoms with Crippen molar-refractivity contribution in [2.45, 2.75) is 19.4 Å². The van der Waals surface area contributed by atoms with Gasteiger partial charge in [-0.2, -0.15) is 0 Å². The Bertz CT molecular complexity index is 72.9. The maximum atomic E-state index is 5.46. The normalized spacial score (nSPS) is 38.2. The predicted molar refractivity (Wildman–Crippen MR) is 34.6 cm³/mol. The van der Waals surface area contributed by atoms with Crippen molar-refractivity contribution in [3.05, 3.63) is 0 Å². The lowest BCUT2D eigenvalue weighted by Crippen LogP contribution is -2.18. The Morgan fingerprint density at radius 2 is 2.50 bits per heavy atom. The molecule has 1 saturated heterocycles. The third-order valence-corrected chi connectivity index (χ3v) is 1.78. The summed E-state index contributed by atoms with van der Waals surface area (Å²) in [6.07, 6.45) is 1.26. The van der Waals surface area contributed by atoms with E-state index in [0.29, 0.717) is 6.04 Å². The van der Waals surface area contributed by atoms with Gasteiger partial charge in [-0.3, -0.25) is 0 Å². The van der Waals surface area contributed by atoms with E-state index in [4.69, 9.17) is 5.73 Å². The van der Waals surface area contributed by atoms with Crippen LogP contribution in [0.1, 0.15) is 13.3 Å². The van der Waals surface area contributed by atoms with E-state index in [1.54, 1.807) is 0 Å². The number of rotatable bonds is 1. The Kier molecular flexibility index (Phi) is 1.86. The van der Waals surface area contributed by atoms with Gasteiger partial charge < -0.3 is 11.1 Å². The van der Waals surface area contributed by atoms with E-state index >= 15 is 0 Å². The molecule has 8 heavy (non-hydrogen) atoms. The van der Waals surface area contributed by atoms with E-state index in [9.17, 15) is 0 Å². The molecule has 0 bridgehead atoms. The van der Waals surface area contributed by atoms with Gasteiger partial charge in [-0.05, 0) is 32.4 Å². The highest BCUT2D eigenvalue weighted by Crippen LogP contribution is 2.10. The number of nitrogens with one attached hydrogen (secondary N) is 1. The fraction of sp³-hybridized carbons (Fsp3) is 1.00. The predicted octanol–water partition coefficient (Wildman–Crippen LogP) is -0.0569. The van der Waals surface area contributed by atoms with Gasteiger partial charge in [-0.25, -0.2) is 0 Å². The van der Waals surface area contributed by atoms with Gasteiger partial charge in [0.15, 0.2) is 0 Å². The fourth-order valence-corrected chi connectivity index (χ4v) is 1.21. The van der Waals surface area contributed by atoms with Crippen LogP contribution < -0.4 is 11.1 Å². The molecule has 1 rings (SSSR count). The van der Waals surface area contributed by atoms with Crippen LogP contribution in [0.2, 0.25) is 0 Å². The second-order valence-corrected chi connectivity index (χ2v) is 2.65. The molecule has 48 valence electrons. The lowest BCUT2D eigenvalue weighted by Gasteiger charge is -2.00. The Balaban J connectivity index is 2.22. The summed E-state index contributed by atoms with van der Waals surface area (Å²) in [5, 5.41) is 3.34. The molecule has 1 aliphatic rings. The number of hydrogen-bond acceptors (Lipinski definition) is 2. The van der Waals surface area contributed by atoms with Crippen LogP contribution in [0.3, 0.4) is 0 Å². The quantitative estimate of drug-likeness (QED) is 0.501. The van der Waals surface area contributed by atoms with Crippen molar-refractivity contribution in [1.82, 2.24) is 5.32 Å². The van der Waals surface area contributed by atoms with Crippen molar-refractivity contribution in [3.8, 4) is 0 Å². The van der Waals surface area contributed by atoms with E-state index in [-0.39, 0.29) is 0 Å². The second kappa shape index (κ2) is 2.46. The zero-order chi connectivity index (χ0) is 5.98. The summed E-state index contributed by atoms with van der Waals surface area (Å²) in [4.78, 5) is 0. The minimum atomic E-state index is 0.698. The molecule has 0 radical (unpaired) electrons. The maximum absolute atomic E-state index is 5.46. The highest BCUT2D eigenvalue weighted by Gasteiger charge is 2.17. The molecule has 3 N–H and O–H groups in total. The van der Waals surface area contributed by atoms with Crippen molar-refractivity contribution in [2.75, 3.05) is 13.1 Å². The lowest BCUT2D eigenvalue weighted by molar-refractivity contribution is 0.579. The SMILES string of the molecule is CC1CC(CN)CN1. The Morgan fingerprint density at radius 1 is 1.75 bits per heavy atom. The standard InChI is InChI=1S/C6H14N2/c1-5-2-6(3-7)4-8-5/h5-6,8H,2-4,7H2,1H3. The van der Waals surface area contributed by atoms with Crippen LogP contribution in [0, 0.1) is 5.92 Å². The first-order valence-corrected chi connectivity index (χ1v) is 3.26. The van der Waals surface area contributed by atoms with Crippen molar-refractivity contribution in [2.24, 2.45) is 11.7 Å². The summed E-state index contributed by atoms with van der Waals surface area (Å²) in [6.45, 7) is 4.17. The largest absolute Gasteiger partial charge is 0.330 e. The molecule has 0 saturated carbocycles. The van der Waals surface area contributed by atoms with Gasteiger partial charge in [0.05, 0.1) is 0 Å². The van der Waals surface area contributed by atoms with Crippen molar-refractivity contribution < 1.29 is 0 Å². The smallest absolute Gasteiger partial charge is 0.00424 e. The minimum absolute atomic E-state index is 0.698. The van der Waals surface area contributed by atoms with E-state index in [2.05, 4.69) is 12.2 Å². The molecule has 0 aromatic heterocycles. The van der Waals surface area contributed by atoms with Gasteiger partial charge in [-0.15, -0.1) is 0 Å². The fourth-order valence-electron chi connectivity index (χ4n) is 1.21. The van der Waals surface area contributed by atoms with Crippen LogP contribution in [0.5, 0.6) is 0 Å². The van der Waals surface area contributed by atoms with Gasteiger partial charge >= 0.3 is 0 Å². The van der Waals surface area contributed by atoms with E-state index in [0.717, 1.165) is 19.0 Å². The van der Waals surface area contributed by atoms with Crippen LogP contribution in [-0.4, -0.2) is 19.1 Å². The maximum Gasteiger partial charge on any atom is 0.00424 e. The molecule has 0 amide bonds. The first-order valence-electron chi connectivity index (χ1n) is 3.26. The topological polar surface area (TPSA) is 38.0 Å². The summed E-state index contributed by atoms with van der Waals surface area (Å²) in [5.41, 5.74) is 5.46. The number of hydrogen-bond donors (Lipinski definition) is 2. The van der Waals surface area contributed by atoms with E-state index in [1.165, 1.54) is 6.42 Å². The third kappa shape index (κ3) is 1.20. The van der Waals surface area contributed by atoms with Gasteiger partial charge in [-0.1, -0.05) is 0 Å². The van der Waals surface area contributed by atoms with Crippen molar-refractivity contribution in [3.63, 3.8) is 0 Å². The van der Waals surface area contributed by atoms with Gasteiger partial charge in [0.1, 0.15) is 0 Å². The van der Waals surface area contributed by atoms with Gasteiger partial charge in [0.25, 0.3) is 0 Å². The molecular formula is C6H14N2.